The van der Waals surface area contributed by atoms with Gasteiger partial charge in [0, 0.05) is 19.3 Å². The second kappa shape index (κ2) is 52.5. The molecule has 0 rings (SSSR count). The number of ether oxygens (including phenoxy) is 3. The number of esters is 3. The van der Waals surface area contributed by atoms with E-state index in [9.17, 15) is 14.4 Å². The van der Waals surface area contributed by atoms with Crippen LogP contribution in [0.4, 0.5) is 0 Å². The molecule has 6 nitrogen and oxygen atoms in total. The lowest BCUT2D eigenvalue weighted by atomic mass is 10.0. The Morgan fingerprint density at radius 1 is 0.302 bits per heavy atom. The molecule has 0 aliphatic heterocycles. The summed E-state index contributed by atoms with van der Waals surface area (Å²) in [5.41, 5.74) is 0. The number of hydrogen-bond donors (Lipinski definition) is 0. The van der Waals surface area contributed by atoms with Crippen LogP contribution in [0.15, 0.2) is 24.3 Å². The molecule has 0 fully saturated rings. The summed E-state index contributed by atoms with van der Waals surface area (Å²) in [6, 6.07) is 0. The van der Waals surface area contributed by atoms with Gasteiger partial charge in [-0.05, 0) is 64.2 Å². The van der Waals surface area contributed by atoms with Gasteiger partial charge in [-0.15, -0.1) is 0 Å². The monoisotopic (exact) mass is 887 g/mol. The number of allylic oxidation sites excluding steroid dienone is 4. The third-order valence-electron chi connectivity index (χ3n) is 12.4. The fraction of sp³-hybridized carbons (Fsp3) is 0.877. The average molecular weight is 887 g/mol. The lowest BCUT2D eigenvalue weighted by molar-refractivity contribution is -0.167. The minimum Gasteiger partial charge on any atom is -0.462 e. The van der Waals surface area contributed by atoms with Crippen LogP contribution >= 0.6 is 0 Å². The molecule has 63 heavy (non-hydrogen) atoms. The Balaban J connectivity index is 4.24. The molecule has 0 amide bonds. The Hall–Kier alpha value is -2.11. The maximum Gasteiger partial charge on any atom is 0.306 e. The predicted octanol–water partition coefficient (Wildman–Crippen LogP) is 18.3. The zero-order valence-corrected chi connectivity index (χ0v) is 42.4. The highest BCUT2D eigenvalue weighted by Gasteiger charge is 2.19. The fourth-order valence-corrected chi connectivity index (χ4v) is 8.18. The third-order valence-corrected chi connectivity index (χ3v) is 12.4. The molecule has 0 unspecified atom stereocenters. The van der Waals surface area contributed by atoms with Crippen molar-refractivity contribution >= 4 is 17.9 Å². The van der Waals surface area contributed by atoms with Gasteiger partial charge in [0.15, 0.2) is 6.10 Å². The van der Waals surface area contributed by atoms with E-state index in [0.717, 1.165) is 64.2 Å². The van der Waals surface area contributed by atoms with Crippen molar-refractivity contribution in [1.29, 1.82) is 0 Å². The number of carbonyl (C=O) groups is 3. The molecule has 0 aromatic carbocycles. The fourth-order valence-electron chi connectivity index (χ4n) is 8.18. The maximum atomic E-state index is 12.8. The van der Waals surface area contributed by atoms with Crippen molar-refractivity contribution in [1.82, 2.24) is 0 Å². The predicted molar refractivity (Wildman–Crippen MR) is 270 cm³/mol. The first kappa shape index (κ1) is 60.9. The molecule has 0 aromatic rings. The van der Waals surface area contributed by atoms with E-state index in [-0.39, 0.29) is 31.1 Å². The highest BCUT2D eigenvalue weighted by atomic mass is 16.6. The Kier molecular flexibility index (Phi) is 50.8. The van der Waals surface area contributed by atoms with Gasteiger partial charge >= 0.3 is 17.9 Å². The molecule has 6 heteroatoms. The molecular weight excluding hydrogens is 781 g/mol. The summed E-state index contributed by atoms with van der Waals surface area (Å²) in [6.45, 7) is 6.62. The van der Waals surface area contributed by atoms with Crippen LogP contribution in [0, 0.1) is 0 Å². The summed E-state index contributed by atoms with van der Waals surface area (Å²) < 4.78 is 16.8. The average Bonchev–Trinajstić information content (AvgIpc) is 3.28. The van der Waals surface area contributed by atoms with E-state index in [0.29, 0.717) is 19.3 Å². The zero-order valence-electron chi connectivity index (χ0n) is 42.4. The zero-order chi connectivity index (χ0) is 45.8. The maximum absolute atomic E-state index is 12.8. The molecule has 0 aliphatic rings. The van der Waals surface area contributed by atoms with Crippen molar-refractivity contribution in [3.8, 4) is 0 Å². The van der Waals surface area contributed by atoms with E-state index >= 15 is 0 Å². The van der Waals surface area contributed by atoms with E-state index in [1.807, 2.05) is 0 Å². The Morgan fingerprint density at radius 3 is 0.841 bits per heavy atom. The van der Waals surface area contributed by atoms with Crippen molar-refractivity contribution < 1.29 is 28.6 Å². The van der Waals surface area contributed by atoms with Gasteiger partial charge in [-0.2, -0.15) is 0 Å². The van der Waals surface area contributed by atoms with E-state index < -0.39 is 6.10 Å². The summed E-state index contributed by atoms with van der Waals surface area (Å²) in [7, 11) is 0. The first-order chi connectivity index (χ1) is 31.0. The van der Waals surface area contributed by atoms with E-state index in [1.165, 1.54) is 199 Å². The number of unbranched alkanes of at least 4 members (excludes halogenated alkanes) is 36. The lowest BCUT2D eigenvalue weighted by Gasteiger charge is -2.18. The van der Waals surface area contributed by atoms with Crippen molar-refractivity contribution in [2.75, 3.05) is 13.2 Å². The Bertz CT molecular complexity index is 1020. The van der Waals surface area contributed by atoms with Crippen LogP contribution in [0.25, 0.3) is 0 Å². The standard InChI is InChI=1S/C57H106O6/c1-4-7-10-13-16-19-22-24-25-26-27-28-29-30-31-33-36-38-41-44-47-50-56(59)62-53-54(63-57(60)51-48-45-42-39-34-21-18-15-12-9-6-3)52-61-55(58)49-46-43-40-37-35-32-23-20-17-14-11-8-5-2/h15,18,24-25,54H,4-14,16-17,19-23,26-53H2,1-3H3/b18-15-,25-24-/t54-/m0/s1. The second-order valence-corrected chi connectivity index (χ2v) is 18.8. The largest absolute Gasteiger partial charge is 0.462 e. The highest BCUT2D eigenvalue weighted by molar-refractivity contribution is 5.71. The normalized spacial score (nSPS) is 12.1. The summed E-state index contributed by atoms with van der Waals surface area (Å²) in [6.07, 6.45) is 60.3. The molecule has 0 heterocycles. The first-order valence-electron chi connectivity index (χ1n) is 27.8. The number of carbonyl (C=O) groups excluding carboxylic acids is 3. The van der Waals surface area contributed by atoms with Crippen molar-refractivity contribution in [3.63, 3.8) is 0 Å². The van der Waals surface area contributed by atoms with Crippen LogP contribution in [0.5, 0.6) is 0 Å². The molecule has 0 saturated heterocycles. The van der Waals surface area contributed by atoms with Gasteiger partial charge in [-0.1, -0.05) is 244 Å². The first-order valence-corrected chi connectivity index (χ1v) is 27.8. The van der Waals surface area contributed by atoms with Crippen LogP contribution in [0.3, 0.4) is 0 Å². The number of hydrogen-bond acceptors (Lipinski definition) is 6. The molecule has 0 aromatic heterocycles. The minimum atomic E-state index is -0.770. The van der Waals surface area contributed by atoms with Crippen molar-refractivity contribution in [3.05, 3.63) is 24.3 Å². The van der Waals surface area contributed by atoms with E-state index in [1.54, 1.807) is 0 Å². The van der Waals surface area contributed by atoms with Gasteiger partial charge < -0.3 is 14.2 Å². The molecule has 0 N–H and O–H groups in total. The summed E-state index contributed by atoms with van der Waals surface area (Å²) >= 11 is 0. The van der Waals surface area contributed by atoms with Crippen LogP contribution in [0.2, 0.25) is 0 Å². The van der Waals surface area contributed by atoms with Crippen molar-refractivity contribution in [2.45, 2.75) is 309 Å². The molecule has 0 bridgehead atoms. The van der Waals surface area contributed by atoms with Gasteiger partial charge in [0.25, 0.3) is 0 Å². The van der Waals surface area contributed by atoms with Crippen molar-refractivity contribution in [2.24, 2.45) is 0 Å². The van der Waals surface area contributed by atoms with Crippen LogP contribution < -0.4 is 0 Å². The molecule has 0 aliphatic carbocycles. The summed E-state index contributed by atoms with van der Waals surface area (Å²) in [5.74, 6) is -0.866. The topological polar surface area (TPSA) is 78.9 Å². The summed E-state index contributed by atoms with van der Waals surface area (Å²) in [4.78, 5) is 38.0. The molecule has 370 valence electrons. The highest BCUT2D eigenvalue weighted by Crippen LogP contribution is 2.16. The Morgan fingerprint density at radius 2 is 0.540 bits per heavy atom. The molecule has 0 saturated carbocycles. The quantitative estimate of drug-likeness (QED) is 0.0262. The molecular formula is C57H106O6. The molecule has 0 radical (unpaired) electrons. The molecule has 0 spiro atoms. The van der Waals surface area contributed by atoms with Gasteiger partial charge in [-0.25, -0.2) is 0 Å². The van der Waals surface area contributed by atoms with Crippen LogP contribution in [0.1, 0.15) is 303 Å². The minimum absolute atomic E-state index is 0.0707. The van der Waals surface area contributed by atoms with Gasteiger partial charge in [-0.3, -0.25) is 14.4 Å². The lowest BCUT2D eigenvalue weighted by Crippen LogP contribution is -2.30. The SMILES string of the molecule is CCCC/C=C\CCCCCCCC(=O)O[C@H](COC(=O)CCCCCCCCCCCCC/C=C\CCCCCCCC)COC(=O)CCCCCCCCCCCCCCC. The Labute approximate surface area is 392 Å². The van der Waals surface area contributed by atoms with E-state index in [2.05, 4.69) is 45.1 Å². The van der Waals surface area contributed by atoms with Gasteiger partial charge in [0.05, 0.1) is 0 Å². The van der Waals surface area contributed by atoms with Crippen LogP contribution in [-0.2, 0) is 28.6 Å². The third kappa shape index (κ3) is 50.7. The second-order valence-electron chi connectivity index (χ2n) is 18.8. The van der Waals surface area contributed by atoms with E-state index in [4.69, 9.17) is 14.2 Å². The van der Waals surface area contributed by atoms with Gasteiger partial charge in [0.2, 0.25) is 0 Å². The van der Waals surface area contributed by atoms with Crippen LogP contribution in [-0.4, -0.2) is 37.2 Å². The van der Waals surface area contributed by atoms with Gasteiger partial charge in [0.1, 0.15) is 13.2 Å². The number of rotatable bonds is 51. The summed E-state index contributed by atoms with van der Waals surface area (Å²) in [5, 5.41) is 0. The smallest absolute Gasteiger partial charge is 0.306 e. The molecule has 1 atom stereocenters.